The van der Waals surface area contributed by atoms with Crippen LogP contribution in [0.5, 0.6) is 0 Å². The highest BCUT2D eigenvalue weighted by molar-refractivity contribution is 8.18. The van der Waals surface area contributed by atoms with Gasteiger partial charge >= 0.3 is 0 Å². The van der Waals surface area contributed by atoms with Gasteiger partial charge in [-0.1, -0.05) is 48.5 Å². The fourth-order valence-electron chi connectivity index (χ4n) is 2.46. The van der Waals surface area contributed by atoms with Gasteiger partial charge in [0.05, 0.1) is 10.6 Å². The quantitative estimate of drug-likeness (QED) is 0.684. The van der Waals surface area contributed by atoms with Crippen LogP contribution in [-0.2, 0) is 0 Å². The number of hydrogen-bond acceptors (Lipinski definition) is 4. The Bertz CT molecular complexity index is 960. The van der Waals surface area contributed by atoms with Crippen LogP contribution in [0.1, 0.15) is 5.76 Å². The van der Waals surface area contributed by atoms with Gasteiger partial charge in [0.2, 0.25) is 0 Å². The van der Waals surface area contributed by atoms with E-state index in [9.17, 15) is 4.79 Å². The molecule has 1 aliphatic heterocycles. The zero-order valence-corrected chi connectivity index (χ0v) is 14.0. The standard InChI is InChI=1S/C20H14N2O2S/c23-20-22-19(21-15-9-5-2-6-10-15)18(25-20)13-16-11-12-17(24-16)14-7-3-1-4-8-14/h1-13H,(H,21,22,23). The van der Waals surface area contributed by atoms with Crippen LogP contribution in [-0.4, -0.2) is 11.1 Å². The number of thioether (sulfide) groups is 1. The summed E-state index contributed by atoms with van der Waals surface area (Å²) in [6.07, 6.45) is 1.83. The molecule has 1 amide bonds. The molecule has 3 aromatic rings. The van der Waals surface area contributed by atoms with Crippen LogP contribution in [0, 0.1) is 0 Å². The van der Waals surface area contributed by atoms with Crippen molar-refractivity contribution >= 4 is 34.6 Å². The van der Waals surface area contributed by atoms with Gasteiger partial charge in [-0.05, 0) is 42.1 Å². The Hall–Kier alpha value is -3.05. The molecule has 0 unspecified atom stereocenters. The average molecular weight is 346 g/mol. The Morgan fingerprint density at radius 2 is 1.64 bits per heavy atom. The molecule has 1 N–H and O–H groups in total. The average Bonchev–Trinajstić information content (AvgIpc) is 3.24. The fourth-order valence-corrected chi connectivity index (χ4v) is 3.18. The van der Waals surface area contributed by atoms with Crippen LogP contribution in [0.25, 0.3) is 17.4 Å². The van der Waals surface area contributed by atoms with Crippen LogP contribution in [0.15, 0.2) is 87.1 Å². The van der Waals surface area contributed by atoms with Crippen LogP contribution in [0.4, 0.5) is 10.5 Å². The second-order valence-corrected chi connectivity index (χ2v) is 6.40. The molecule has 0 radical (unpaired) electrons. The molecule has 4 nitrogen and oxygen atoms in total. The van der Waals surface area contributed by atoms with Crippen LogP contribution >= 0.6 is 11.8 Å². The minimum Gasteiger partial charge on any atom is -0.457 e. The number of nitrogens with zero attached hydrogens (tertiary/aromatic N) is 1. The summed E-state index contributed by atoms with van der Waals surface area (Å²) >= 11 is 1.11. The van der Waals surface area contributed by atoms with E-state index in [-0.39, 0.29) is 5.24 Å². The zero-order valence-electron chi connectivity index (χ0n) is 13.2. The normalized spacial score (nSPS) is 17.2. The van der Waals surface area contributed by atoms with Crippen LogP contribution in [0.3, 0.4) is 0 Å². The highest BCUT2D eigenvalue weighted by Gasteiger charge is 2.24. The van der Waals surface area contributed by atoms with Gasteiger partial charge in [0.15, 0.2) is 0 Å². The van der Waals surface area contributed by atoms with Gasteiger partial charge in [0, 0.05) is 5.56 Å². The third-order valence-electron chi connectivity index (χ3n) is 3.61. The molecule has 0 saturated carbocycles. The molecule has 0 bridgehead atoms. The van der Waals surface area contributed by atoms with Crippen molar-refractivity contribution in [1.82, 2.24) is 5.32 Å². The van der Waals surface area contributed by atoms with E-state index >= 15 is 0 Å². The second-order valence-electron chi connectivity index (χ2n) is 5.39. The Labute approximate surface area is 149 Å². The molecule has 0 spiro atoms. The number of benzene rings is 2. The first-order valence-corrected chi connectivity index (χ1v) is 8.59. The SMILES string of the molecule is O=C1NC(=Nc2ccccc2)C(=Cc2ccc(-c3ccccc3)o2)S1. The molecule has 1 aliphatic rings. The Kier molecular flexibility index (Phi) is 4.23. The lowest BCUT2D eigenvalue weighted by Crippen LogP contribution is -2.18. The number of nitrogens with one attached hydrogen (secondary N) is 1. The van der Waals surface area contributed by atoms with E-state index < -0.39 is 0 Å². The van der Waals surface area contributed by atoms with Gasteiger partial charge in [-0.25, -0.2) is 4.99 Å². The lowest BCUT2D eigenvalue weighted by Gasteiger charge is -1.99. The minimum absolute atomic E-state index is 0.143. The lowest BCUT2D eigenvalue weighted by atomic mass is 10.2. The van der Waals surface area contributed by atoms with Gasteiger partial charge in [0.25, 0.3) is 5.24 Å². The monoisotopic (exact) mass is 346 g/mol. The van der Waals surface area contributed by atoms with Gasteiger partial charge in [-0.2, -0.15) is 0 Å². The van der Waals surface area contributed by atoms with Crippen LogP contribution in [0.2, 0.25) is 0 Å². The number of amides is 1. The van der Waals surface area contributed by atoms with E-state index in [2.05, 4.69) is 10.3 Å². The third kappa shape index (κ3) is 3.56. The van der Waals surface area contributed by atoms with Gasteiger partial charge < -0.3 is 9.73 Å². The molecule has 0 atom stereocenters. The number of carbonyl (C=O) groups is 1. The number of para-hydroxylation sites is 1. The summed E-state index contributed by atoms with van der Waals surface area (Å²) in [5, 5.41) is 2.63. The highest BCUT2D eigenvalue weighted by Crippen LogP contribution is 2.30. The van der Waals surface area contributed by atoms with Gasteiger partial charge in [-0.3, -0.25) is 4.79 Å². The molecule has 5 heteroatoms. The first-order valence-electron chi connectivity index (χ1n) is 7.78. The molecule has 0 aliphatic carbocycles. The Morgan fingerprint density at radius 3 is 2.40 bits per heavy atom. The first kappa shape index (κ1) is 15.5. The largest absolute Gasteiger partial charge is 0.457 e. The van der Waals surface area contributed by atoms with E-state index in [0.29, 0.717) is 11.6 Å². The number of hydrogen-bond donors (Lipinski definition) is 1. The van der Waals surface area contributed by atoms with E-state index in [4.69, 9.17) is 4.42 Å². The number of carbonyl (C=O) groups excluding carboxylic acids is 1. The Morgan fingerprint density at radius 1 is 0.920 bits per heavy atom. The number of aliphatic imine (C=N–C) groups is 1. The minimum atomic E-state index is -0.143. The maximum atomic E-state index is 11.8. The lowest BCUT2D eigenvalue weighted by molar-refractivity contribution is 0.265. The topological polar surface area (TPSA) is 54.6 Å². The zero-order chi connectivity index (χ0) is 17.1. The molecule has 1 saturated heterocycles. The van der Waals surface area contributed by atoms with E-state index in [1.165, 1.54) is 0 Å². The molecular weight excluding hydrogens is 332 g/mol. The molecule has 122 valence electrons. The number of amidine groups is 1. The summed E-state index contributed by atoms with van der Waals surface area (Å²) in [4.78, 5) is 17.0. The molecule has 1 aromatic heterocycles. The maximum Gasteiger partial charge on any atom is 0.289 e. The van der Waals surface area contributed by atoms with Crippen molar-refractivity contribution < 1.29 is 9.21 Å². The predicted octanol–water partition coefficient (Wildman–Crippen LogP) is 5.47. The molecule has 2 aromatic carbocycles. The number of furan rings is 1. The Balaban J connectivity index is 1.65. The predicted molar refractivity (Wildman–Crippen MR) is 102 cm³/mol. The van der Waals surface area contributed by atoms with E-state index in [1.54, 1.807) is 0 Å². The van der Waals surface area contributed by atoms with Crippen molar-refractivity contribution in [3.05, 3.63) is 83.5 Å². The molecule has 25 heavy (non-hydrogen) atoms. The smallest absolute Gasteiger partial charge is 0.289 e. The highest BCUT2D eigenvalue weighted by atomic mass is 32.2. The molecular formula is C20H14N2O2S. The van der Waals surface area contributed by atoms with Gasteiger partial charge in [-0.15, -0.1) is 0 Å². The fraction of sp³-hybridized carbons (Fsp3) is 0. The summed E-state index contributed by atoms with van der Waals surface area (Å²) in [7, 11) is 0. The van der Waals surface area contributed by atoms with Crippen molar-refractivity contribution in [2.75, 3.05) is 0 Å². The van der Waals surface area contributed by atoms with Crippen molar-refractivity contribution in [2.45, 2.75) is 0 Å². The van der Waals surface area contributed by atoms with Gasteiger partial charge in [0.1, 0.15) is 17.4 Å². The summed E-state index contributed by atoms with van der Waals surface area (Å²) < 4.78 is 5.88. The van der Waals surface area contributed by atoms with E-state index in [1.807, 2.05) is 78.9 Å². The number of rotatable bonds is 3. The summed E-state index contributed by atoms with van der Waals surface area (Å²) in [6.45, 7) is 0. The maximum absolute atomic E-state index is 11.8. The summed E-state index contributed by atoms with van der Waals surface area (Å²) in [5.41, 5.74) is 1.80. The van der Waals surface area contributed by atoms with Crippen LogP contribution < -0.4 is 5.32 Å². The second kappa shape index (κ2) is 6.83. The molecule has 2 heterocycles. The van der Waals surface area contributed by atoms with Crippen molar-refractivity contribution in [1.29, 1.82) is 0 Å². The third-order valence-corrected chi connectivity index (χ3v) is 4.43. The van der Waals surface area contributed by atoms with Crippen molar-refractivity contribution in [3.63, 3.8) is 0 Å². The van der Waals surface area contributed by atoms with Crippen molar-refractivity contribution in [3.8, 4) is 11.3 Å². The van der Waals surface area contributed by atoms with E-state index in [0.717, 1.165) is 33.7 Å². The van der Waals surface area contributed by atoms with Crippen molar-refractivity contribution in [2.24, 2.45) is 4.99 Å². The molecule has 1 fully saturated rings. The first-order chi connectivity index (χ1) is 12.3. The summed E-state index contributed by atoms with van der Waals surface area (Å²) in [6, 6.07) is 23.2. The molecule has 4 rings (SSSR count). The summed E-state index contributed by atoms with van der Waals surface area (Å²) in [5.74, 6) is 2.01.